The van der Waals surface area contributed by atoms with Crippen molar-refractivity contribution in [2.75, 3.05) is 19.0 Å². The Morgan fingerprint density at radius 1 is 1.24 bits per heavy atom. The SMILES string of the molecule is CC1(CN(CCCl)Cc2ccccc2)CCC1. The summed E-state index contributed by atoms with van der Waals surface area (Å²) in [6.07, 6.45) is 4.15. The van der Waals surface area contributed by atoms with Crippen molar-refractivity contribution in [3.05, 3.63) is 35.9 Å². The maximum absolute atomic E-state index is 5.91. The van der Waals surface area contributed by atoms with Crippen molar-refractivity contribution >= 4 is 11.6 Å². The van der Waals surface area contributed by atoms with Crippen LogP contribution in [0.25, 0.3) is 0 Å². The summed E-state index contributed by atoms with van der Waals surface area (Å²) in [7, 11) is 0. The monoisotopic (exact) mass is 251 g/mol. The Morgan fingerprint density at radius 2 is 1.94 bits per heavy atom. The molecule has 1 aliphatic carbocycles. The van der Waals surface area contributed by atoms with Gasteiger partial charge in [0.25, 0.3) is 0 Å². The number of halogens is 1. The second-order valence-electron chi connectivity index (χ2n) is 5.55. The number of rotatable bonds is 6. The van der Waals surface area contributed by atoms with Gasteiger partial charge in [0.05, 0.1) is 0 Å². The van der Waals surface area contributed by atoms with E-state index in [2.05, 4.69) is 42.2 Å². The molecule has 0 bridgehead atoms. The van der Waals surface area contributed by atoms with Gasteiger partial charge in [0, 0.05) is 25.5 Å². The van der Waals surface area contributed by atoms with Crippen LogP contribution in [-0.2, 0) is 6.54 Å². The minimum Gasteiger partial charge on any atom is -0.297 e. The molecule has 0 N–H and O–H groups in total. The molecular formula is C15H22ClN. The van der Waals surface area contributed by atoms with Gasteiger partial charge >= 0.3 is 0 Å². The largest absolute Gasteiger partial charge is 0.297 e. The van der Waals surface area contributed by atoms with Crippen LogP contribution < -0.4 is 0 Å². The van der Waals surface area contributed by atoms with E-state index in [4.69, 9.17) is 11.6 Å². The third-order valence-electron chi connectivity index (χ3n) is 3.82. The van der Waals surface area contributed by atoms with E-state index >= 15 is 0 Å². The van der Waals surface area contributed by atoms with Crippen LogP contribution in [-0.4, -0.2) is 23.9 Å². The Kier molecular flexibility index (Phi) is 4.47. The van der Waals surface area contributed by atoms with Gasteiger partial charge < -0.3 is 0 Å². The van der Waals surface area contributed by atoms with Gasteiger partial charge in [-0.1, -0.05) is 43.7 Å². The lowest BCUT2D eigenvalue weighted by atomic mass is 9.70. The van der Waals surface area contributed by atoms with Gasteiger partial charge in [0.2, 0.25) is 0 Å². The predicted molar refractivity (Wildman–Crippen MR) is 74.4 cm³/mol. The first-order chi connectivity index (χ1) is 8.22. The maximum atomic E-state index is 5.91. The zero-order chi connectivity index (χ0) is 12.1. The molecule has 17 heavy (non-hydrogen) atoms. The van der Waals surface area contributed by atoms with Crippen LogP contribution in [0.15, 0.2) is 30.3 Å². The highest BCUT2D eigenvalue weighted by atomic mass is 35.5. The Bertz CT molecular complexity index is 332. The molecule has 1 nitrogen and oxygen atoms in total. The molecule has 0 atom stereocenters. The molecule has 0 amide bonds. The van der Waals surface area contributed by atoms with Gasteiger partial charge in [-0.25, -0.2) is 0 Å². The fraction of sp³-hybridized carbons (Fsp3) is 0.600. The molecule has 2 heteroatoms. The van der Waals surface area contributed by atoms with Crippen LogP contribution >= 0.6 is 11.6 Å². The van der Waals surface area contributed by atoms with Crippen molar-refractivity contribution in [1.82, 2.24) is 4.90 Å². The van der Waals surface area contributed by atoms with Crippen LogP contribution in [0.1, 0.15) is 31.7 Å². The molecule has 1 aromatic carbocycles. The molecule has 0 unspecified atom stereocenters. The summed E-state index contributed by atoms with van der Waals surface area (Å²) in [6.45, 7) is 5.62. The Morgan fingerprint density at radius 3 is 2.47 bits per heavy atom. The van der Waals surface area contributed by atoms with Gasteiger partial charge in [0.15, 0.2) is 0 Å². The third kappa shape index (κ3) is 3.72. The van der Waals surface area contributed by atoms with E-state index < -0.39 is 0 Å². The lowest BCUT2D eigenvalue weighted by Crippen LogP contribution is -2.40. The van der Waals surface area contributed by atoms with Crippen molar-refractivity contribution in [3.8, 4) is 0 Å². The summed E-state index contributed by atoms with van der Waals surface area (Å²) in [6, 6.07) is 10.7. The van der Waals surface area contributed by atoms with Crippen molar-refractivity contribution in [3.63, 3.8) is 0 Å². The highest BCUT2D eigenvalue weighted by molar-refractivity contribution is 6.18. The smallest absolute Gasteiger partial charge is 0.0351 e. The summed E-state index contributed by atoms with van der Waals surface area (Å²) in [5.41, 5.74) is 1.93. The van der Waals surface area contributed by atoms with E-state index in [1.807, 2.05) is 0 Å². The van der Waals surface area contributed by atoms with Gasteiger partial charge in [-0.05, 0) is 23.8 Å². The minimum atomic E-state index is 0.542. The summed E-state index contributed by atoms with van der Waals surface area (Å²) >= 11 is 5.91. The summed E-state index contributed by atoms with van der Waals surface area (Å²) < 4.78 is 0. The maximum Gasteiger partial charge on any atom is 0.0351 e. The Balaban J connectivity index is 1.92. The fourth-order valence-corrected chi connectivity index (χ4v) is 2.89. The van der Waals surface area contributed by atoms with Crippen LogP contribution in [0.3, 0.4) is 0 Å². The van der Waals surface area contributed by atoms with E-state index in [1.54, 1.807) is 0 Å². The molecule has 0 heterocycles. The first-order valence-electron chi connectivity index (χ1n) is 6.54. The lowest BCUT2D eigenvalue weighted by Gasteiger charge is -2.42. The van der Waals surface area contributed by atoms with Crippen LogP contribution in [0.5, 0.6) is 0 Å². The molecular weight excluding hydrogens is 230 g/mol. The molecule has 1 aliphatic rings. The molecule has 94 valence electrons. The first kappa shape index (κ1) is 12.9. The number of benzene rings is 1. The standard InChI is InChI=1S/C15H22ClN/c1-15(8-5-9-15)13-17(11-10-16)12-14-6-3-2-4-7-14/h2-4,6-7H,5,8-13H2,1H3. The van der Waals surface area contributed by atoms with Crippen molar-refractivity contribution in [1.29, 1.82) is 0 Å². The van der Waals surface area contributed by atoms with E-state index in [1.165, 1.54) is 31.4 Å². The minimum absolute atomic E-state index is 0.542. The van der Waals surface area contributed by atoms with Gasteiger partial charge in [-0.3, -0.25) is 4.90 Å². The van der Waals surface area contributed by atoms with Crippen molar-refractivity contribution in [2.24, 2.45) is 5.41 Å². The van der Waals surface area contributed by atoms with Gasteiger partial charge in [-0.2, -0.15) is 0 Å². The number of nitrogens with zero attached hydrogens (tertiary/aromatic N) is 1. The molecule has 0 saturated heterocycles. The third-order valence-corrected chi connectivity index (χ3v) is 3.98. The van der Waals surface area contributed by atoms with Crippen molar-refractivity contribution < 1.29 is 0 Å². The first-order valence-corrected chi connectivity index (χ1v) is 7.08. The van der Waals surface area contributed by atoms with Gasteiger partial charge in [0.1, 0.15) is 0 Å². The molecule has 1 saturated carbocycles. The molecule has 0 aromatic heterocycles. The highest BCUT2D eigenvalue weighted by Crippen LogP contribution is 2.41. The Hall–Kier alpha value is -0.530. The number of hydrogen-bond acceptors (Lipinski definition) is 1. The van der Waals surface area contributed by atoms with Crippen LogP contribution in [0, 0.1) is 5.41 Å². The summed E-state index contributed by atoms with van der Waals surface area (Å²) in [5.74, 6) is 0.725. The predicted octanol–water partition coefficient (Wildman–Crippen LogP) is 3.92. The quantitative estimate of drug-likeness (QED) is 0.693. The molecule has 0 spiro atoms. The lowest BCUT2D eigenvalue weighted by molar-refractivity contribution is 0.0846. The zero-order valence-corrected chi connectivity index (χ0v) is 11.4. The fourth-order valence-electron chi connectivity index (χ4n) is 2.65. The second kappa shape index (κ2) is 5.88. The normalized spacial score (nSPS) is 18.1. The average Bonchev–Trinajstić information content (AvgIpc) is 2.28. The van der Waals surface area contributed by atoms with Gasteiger partial charge in [-0.15, -0.1) is 11.6 Å². The van der Waals surface area contributed by atoms with E-state index in [0.29, 0.717) is 5.41 Å². The van der Waals surface area contributed by atoms with Crippen LogP contribution in [0.4, 0.5) is 0 Å². The average molecular weight is 252 g/mol. The topological polar surface area (TPSA) is 3.24 Å². The summed E-state index contributed by atoms with van der Waals surface area (Å²) in [5, 5.41) is 0. The number of alkyl halides is 1. The second-order valence-corrected chi connectivity index (χ2v) is 5.93. The summed E-state index contributed by atoms with van der Waals surface area (Å²) in [4.78, 5) is 2.50. The molecule has 0 aliphatic heterocycles. The zero-order valence-electron chi connectivity index (χ0n) is 10.7. The number of hydrogen-bond donors (Lipinski definition) is 0. The van der Waals surface area contributed by atoms with E-state index in [0.717, 1.165) is 19.0 Å². The highest BCUT2D eigenvalue weighted by Gasteiger charge is 2.33. The molecule has 2 rings (SSSR count). The van der Waals surface area contributed by atoms with E-state index in [-0.39, 0.29) is 0 Å². The molecule has 0 radical (unpaired) electrons. The van der Waals surface area contributed by atoms with E-state index in [9.17, 15) is 0 Å². The molecule has 1 fully saturated rings. The van der Waals surface area contributed by atoms with Crippen LogP contribution in [0.2, 0.25) is 0 Å². The Labute approximate surface area is 110 Å². The van der Waals surface area contributed by atoms with Crippen molar-refractivity contribution in [2.45, 2.75) is 32.7 Å². The molecule has 1 aromatic rings.